The molecule has 1 aromatic carbocycles. The molecule has 0 radical (unpaired) electrons. The van der Waals surface area contributed by atoms with Crippen molar-refractivity contribution in [2.24, 2.45) is 0 Å². The fourth-order valence-electron chi connectivity index (χ4n) is 3.93. The molecular formula is C25H35N3O4S. The lowest BCUT2D eigenvalue weighted by molar-refractivity contribution is -0.140. The van der Waals surface area contributed by atoms with E-state index in [-0.39, 0.29) is 17.7 Å². The first-order valence-electron chi connectivity index (χ1n) is 11.3. The van der Waals surface area contributed by atoms with Crippen LogP contribution in [0.15, 0.2) is 24.3 Å². The summed E-state index contributed by atoms with van der Waals surface area (Å²) < 4.78 is 5.27. The van der Waals surface area contributed by atoms with Gasteiger partial charge in [-0.05, 0) is 45.2 Å². The lowest BCUT2D eigenvalue weighted by atomic mass is 9.94. The SMILES string of the molecule is C#Cc1ccccc1C(C(=O)NC1CCCCC1)N(C)C(=O)C(CS)NC(=O)OC(C)(C)C. The monoisotopic (exact) mass is 473 g/mol. The second-order valence-corrected chi connectivity index (χ2v) is 9.67. The third-order valence-electron chi connectivity index (χ3n) is 5.52. The van der Waals surface area contributed by atoms with E-state index in [0.29, 0.717) is 11.1 Å². The van der Waals surface area contributed by atoms with Crippen molar-refractivity contribution < 1.29 is 19.1 Å². The van der Waals surface area contributed by atoms with Crippen molar-refractivity contribution in [2.75, 3.05) is 12.8 Å². The summed E-state index contributed by atoms with van der Waals surface area (Å²) in [4.78, 5) is 40.4. The Labute approximate surface area is 202 Å². The molecule has 3 amide bonds. The van der Waals surface area contributed by atoms with Gasteiger partial charge < -0.3 is 20.3 Å². The van der Waals surface area contributed by atoms with Crippen LogP contribution in [-0.4, -0.2) is 53.3 Å². The van der Waals surface area contributed by atoms with Gasteiger partial charge in [-0.2, -0.15) is 12.6 Å². The van der Waals surface area contributed by atoms with Gasteiger partial charge in [-0.15, -0.1) is 6.42 Å². The van der Waals surface area contributed by atoms with Crippen LogP contribution >= 0.6 is 12.6 Å². The van der Waals surface area contributed by atoms with E-state index in [9.17, 15) is 14.4 Å². The van der Waals surface area contributed by atoms with E-state index >= 15 is 0 Å². The Hall–Kier alpha value is -2.66. The Balaban J connectivity index is 2.30. The highest BCUT2D eigenvalue weighted by molar-refractivity contribution is 7.80. The van der Waals surface area contributed by atoms with Gasteiger partial charge in [0.1, 0.15) is 17.7 Å². The van der Waals surface area contributed by atoms with E-state index in [1.165, 1.54) is 11.9 Å². The molecule has 2 rings (SSSR count). The lowest BCUT2D eigenvalue weighted by Gasteiger charge is -2.33. The number of nitrogens with zero attached hydrogens (tertiary/aromatic N) is 1. The molecule has 7 nitrogen and oxygen atoms in total. The van der Waals surface area contributed by atoms with E-state index in [0.717, 1.165) is 32.1 Å². The second kappa shape index (κ2) is 12.0. The van der Waals surface area contributed by atoms with Gasteiger partial charge in [0, 0.05) is 24.4 Å². The number of terminal acetylenes is 1. The number of nitrogens with one attached hydrogen (secondary N) is 2. The number of carbonyl (C=O) groups is 3. The first-order chi connectivity index (χ1) is 15.6. The summed E-state index contributed by atoms with van der Waals surface area (Å²) in [5.41, 5.74) is 0.372. The van der Waals surface area contributed by atoms with Crippen LogP contribution < -0.4 is 10.6 Å². The largest absolute Gasteiger partial charge is 0.444 e. The molecule has 0 bridgehead atoms. The molecule has 1 aromatic rings. The Kier molecular flexibility index (Phi) is 9.66. The zero-order valence-electron chi connectivity index (χ0n) is 19.9. The zero-order valence-corrected chi connectivity index (χ0v) is 20.8. The average Bonchev–Trinajstić information content (AvgIpc) is 2.77. The predicted molar refractivity (Wildman–Crippen MR) is 132 cm³/mol. The fourth-order valence-corrected chi connectivity index (χ4v) is 4.18. The van der Waals surface area contributed by atoms with Crippen LogP contribution in [0.2, 0.25) is 0 Å². The number of alkyl carbamates (subject to hydrolysis) is 1. The van der Waals surface area contributed by atoms with E-state index in [2.05, 4.69) is 29.2 Å². The minimum absolute atomic E-state index is 0.0379. The molecule has 0 aromatic heterocycles. The van der Waals surface area contributed by atoms with Crippen molar-refractivity contribution in [3.8, 4) is 12.3 Å². The van der Waals surface area contributed by atoms with Crippen molar-refractivity contribution in [1.82, 2.24) is 15.5 Å². The van der Waals surface area contributed by atoms with Crippen LogP contribution in [0.4, 0.5) is 4.79 Å². The van der Waals surface area contributed by atoms with Gasteiger partial charge >= 0.3 is 6.09 Å². The molecule has 1 aliphatic rings. The van der Waals surface area contributed by atoms with Crippen LogP contribution in [0.3, 0.4) is 0 Å². The summed E-state index contributed by atoms with van der Waals surface area (Å²) in [6.07, 6.45) is 10.1. The molecule has 0 aliphatic heterocycles. The number of ether oxygens (including phenoxy) is 1. The summed E-state index contributed by atoms with van der Waals surface area (Å²) in [6, 6.07) is 5.20. The number of hydrogen-bond acceptors (Lipinski definition) is 5. The number of thiol groups is 1. The minimum atomic E-state index is -0.976. The van der Waals surface area contributed by atoms with Crippen molar-refractivity contribution >= 4 is 30.5 Å². The number of benzene rings is 1. The normalized spacial score (nSPS) is 16.1. The van der Waals surface area contributed by atoms with Crippen LogP contribution in [0, 0.1) is 12.3 Å². The Morgan fingerprint density at radius 2 is 1.85 bits per heavy atom. The van der Waals surface area contributed by atoms with E-state index in [4.69, 9.17) is 11.2 Å². The maximum atomic E-state index is 13.4. The Bertz CT molecular complexity index is 884. The molecule has 0 heterocycles. The first-order valence-corrected chi connectivity index (χ1v) is 11.9. The summed E-state index contributed by atoms with van der Waals surface area (Å²) in [5.74, 6) is 1.88. The standard InChI is InChI=1S/C25H35N3O4S/c1-6-17-12-10-11-15-19(17)21(22(29)26-18-13-8-7-9-14-18)28(5)23(30)20(16-33)27-24(31)32-25(2,3)4/h1,10-12,15,18,20-21,33H,7-9,13-14,16H2,2-5H3,(H,26,29)(H,27,31). The van der Waals surface area contributed by atoms with Crippen LogP contribution in [-0.2, 0) is 14.3 Å². The van der Waals surface area contributed by atoms with Gasteiger partial charge in [-0.1, -0.05) is 43.4 Å². The van der Waals surface area contributed by atoms with Gasteiger partial charge in [0.25, 0.3) is 0 Å². The molecule has 2 unspecified atom stereocenters. The number of hydrogen-bond donors (Lipinski definition) is 3. The Morgan fingerprint density at radius 3 is 2.42 bits per heavy atom. The molecule has 0 spiro atoms. The quantitative estimate of drug-likeness (QED) is 0.418. The number of amides is 3. The van der Waals surface area contributed by atoms with Gasteiger partial charge in [-0.3, -0.25) is 9.59 Å². The topological polar surface area (TPSA) is 87.7 Å². The summed E-state index contributed by atoms with van der Waals surface area (Å²) in [5, 5.41) is 5.66. The smallest absolute Gasteiger partial charge is 0.408 e. The molecule has 1 saturated carbocycles. The van der Waals surface area contributed by atoms with Crippen molar-refractivity contribution in [2.45, 2.75) is 76.6 Å². The van der Waals surface area contributed by atoms with Crippen molar-refractivity contribution in [3.05, 3.63) is 35.4 Å². The van der Waals surface area contributed by atoms with Gasteiger partial charge in [0.2, 0.25) is 11.8 Å². The maximum absolute atomic E-state index is 13.4. The molecule has 2 N–H and O–H groups in total. The van der Waals surface area contributed by atoms with Crippen molar-refractivity contribution in [3.63, 3.8) is 0 Å². The molecule has 0 saturated heterocycles. The van der Waals surface area contributed by atoms with Gasteiger partial charge in [0.05, 0.1) is 0 Å². The third-order valence-corrected chi connectivity index (χ3v) is 5.88. The first kappa shape index (κ1) is 26.6. The summed E-state index contributed by atoms with van der Waals surface area (Å²) in [6.45, 7) is 5.20. The molecule has 1 fully saturated rings. The molecule has 180 valence electrons. The van der Waals surface area contributed by atoms with Crippen LogP contribution in [0.25, 0.3) is 0 Å². The Morgan fingerprint density at radius 1 is 1.21 bits per heavy atom. The number of rotatable bonds is 7. The second-order valence-electron chi connectivity index (χ2n) is 9.31. The molecular weight excluding hydrogens is 438 g/mol. The minimum Gasteiger partial charge on any atom is -0.444 e. The van der Waals surface area contributed by atoms with Gasteiger partial charge in [-0.25, -0.2) is 4.79 Å². The van der Waals surface area contributed by atoms with E-state index < -0.39 is 29.7 Å². The highest BCUT2D eigenvalue weighted by Crippen LogP contribution is 2.26. The molecule has 1 aliphatic carbocycles. The zero-order chi connectivity index (χ0) is 24.6. The third kappa shape index (κ3) is 7.71. The van der Waals surface area contributed by atoms with Crippen molar-refractivity contribution in [1.29, 1.82) is 0 Å². The summed E-state index contributed by atoms with van der Waals surface area (Å²) in [7, 11) is 1.54. The summed E-state index contributed by atoms with van der Waals surface area (Å²) >= 11 is 4.24. The average molecular weight is 474 g/mol. The van der Waals surface area contributed by atoms with Crippen LogP contribution in [0.1, 0.15) is 70.0 Å². The lowest BCUT2D eigenvalue weighted by Crippen LogP contribution is -2.53. The number of carbonyl (C=O) groups excluding carboxylic acids is 3. The number of likely N-dealkylation sites (N-methyl/N-ethyl adjacent to an activating group) is 1. The maximum Gasteiger partial charge on any atom is 0.408 e. The molecule has 2 atom stereocenters. The van der Waals surface area contributed by atoms with E-state index in [1.807, 2.05) is 0 Å². The van der Waals surface area contributed by atoms with E-state index in [1.54, 1.807) is 45.0 Å². The highest BCUT2D eigenvalue weighted by Gasteiger charge is 2.35. The highest BCUT2D eigenvalue weighted by atomic mass is 32.1. The fraction of sp³-hybridized carbons (Fsp3) is 0.560. The predicted octanol–water partition coefficient (Wildman–Crippen LogP) is 3.44. The van der Waals surface area contributed by atoms with Gasteiger partial charge in [0.15, 0.2) is 0 Å². The van der Waals surface area contributed by atoms with Crippen LogP contribution in [0.5, 0.6) is 0 Å². The molecule has 33 heavy (non-hydrogen) atoms. The molecule has 8 heteroatoms.